The number of ether oxygens (including phenoxy) is 1. The van der Waals surface area contributed by atoms with E-state index in [0.717, 1.165) is 12.0 Å². The van der Waals surface area contributed by atoms with Crippen molar-refractivity contribution in [2.75, 3.05) is 33.0 Å². The molecule has 5 nitrogen and oxygen atoms in total. The van der Waals surface area contributed by atoms with Gasteiger partial charge in [-0.2, -0.15) is 0 Å². The van der Waals surface area contributed by atoms with Crippen LogP contribution in [0.2, 0.25) is 10.0 Å². The first-order valence-electron chi connectivity index (χ1n) is 6.56. The zero-order valence-corrected chi connectivity index (χ0v) is 14.2. The molecule has 8 heteroatoms. The molecule has 0 saturated carbocycles. The molecule has 0 radical (unpaired) electrons. The largest absolute Gasteiger partial charge is 0.492 e. The number of halogens is 2. The van der Waals surface area contributed by atoms with Gasteiger partial charge in [-0.25, -0.2) is 12.7 Å². The lowest BCUT2D eigenvalue weighted by molar-refractivity contribution is 0.254. The molecule has 1 atom stereocenters. The van der Waals surface area contributed by atoms with Crippen LogP contribution in [0.1, 0.15) is 18.0 Å². The summed E-state index contributed by atoms with van der Waals surface area (Å²) < 4.78 is 30.3. The Bertz CT molecular complexity index is 620. The minimum Gasteiger partial charge on any atom is -0.492 e. The van der Waals surface area contributed by atoms with Gasteiger partial charge in [0.1, 0.15) is 5.75 Å². The van der Waals surface area contributed by atoms with Gasteiger partial charge in [0, 0.05) is 43.7 Å². The summed E-state index contributed by atoms with van der Waals surface area (Å²) in [6.07, 6.45) is 0.742. The molecule has 1 aromatic rings. The Hall–Kier alpha value is -0.530. The van der Waals surface area contributed by atoms with E-state index in [1.165, 1.54) is 18.4 Å². The van der Waals surface area contributed by atoms with Crippen LogP contribution in [-0.2, 0) is 10.0 Å². The van der Waals surface area contributed by atoms with Gasteiger partial charge < -0.3 is 10.1 Å². The predicted octanol–water partition coefficient (Wildman–Crippen LogP) is 2.30. The first-order chi connectivity index (χ1) is 9.81. The zero-order valence-electron chi connectivity index (χ0n) is 11.9. The van der Waals surface area contributed by atoms with Crippen LogP contribution in [0.25, 0.3) is 0 Å². The van der Waals surface area contributed by atoms with Gasteiger partial charge in [-0.3, -0.25) is 0 Å². The molecule has 0 bridgehead atoms. The summed E-state index contributed by atoms with van der Waals surface area (Å²) in [5.41, 5.74) is 0.876. The van der Waals surface area contributed by atoms with E-state index in [1.54, 1.807) is 12.1 Å². The normalized spacial score (nSPS) is 18.4. The SMILES string of the molecule is CN(C)S(=O)(=O)CCNC1CCOc2c(Cl)cc(Cl)cc21. The van der Waals surface area contributed by atoms with E-state index in [4.69, 9.17) is 27.9 Å². The van der Waals surface area contributed by atoms with Gasteiger partial charge in [-0.15, -0.1) is 0 Å². The van der Waals surface area contributed by atoms with Gasteiger partial charge in [-0.05, 0) is 12.1 Å². The van der Waals surface area contributed by atoms with Crippen LogP contribution in [0.15, 0.2) is 12.1 Å². The molecule has 0 aliphatic carbocycles. The standard InChI is InChI=1S/C13H18Cl2N2O3S/c1-17(2)21(18,19)6-4-16-12-3-5-20-13-10(12)7-9(14)8-11(13)15/h7-8,12,16H,3-6H2,1-2H3. The topological polar surface area (TPSA) is 58.6 Å². The van der Waals surface area contributed by atoms with E-state index in [1.807, 2.05) is 0 Å². The van der Waals surface area contributed by atoms with Crippen LogP contribution in [0.4, 0.5) is 0 Å². The van der Waals surface area contributed by atoms with Crippen molar-refractivity contribution >= 4 is 33.2 Å². The fourth-order valence-corrected chi connectivity index (χ4v) is 3.49. The van der Waals surface area contributed by atoms with E-state index >= 15 is 0 Å². The number of rotatable bonds is 5. The monoisotopic (exact) mass is 352 g/mol. The maximum absolute atomic E-state index is 11.7. The van der Waals surface area contributed by atoms with Crippen molar-refractivity contribution in [1.29, 1.82) is 0 Å². The Morgan fingerprint density at radius 2 is 2.10 bits per heavy atom. The van der Waals surface area contributed by atoms with Gasteiger partial charge in [0.15, 0.2) is 0 Å². The molecule has 21 heavy (non-hydrogen) atoms. The van der Waals surface area contributed by atoms with E-state index < -0.39 is 10.0 Å². The first kappa shape index (κ1) is 16.8. The van der Waals surface area contributed by atoms with Crippen molar-refractivity contribution in [2.24, 2.45) is 0 Å². The Balaban J connectivity index is 2.08. The summed E-state index contributed by atoms with van der Waals surface area (Å²) in [6.45, 7) is 0.890. The van der Waals surface area contributed by atoms with Gasteiger partial charge in [-0.1, -0.05) is 23.2 Å². The van der Waals surface area contributed by atoms with Crippen molar-refractivity contribution in [3.05, 3.63) is 27.7 Å². The molecule has 118 valence electrons. The molecule has 0 amide bonds. The van der Waals surface area contributed by atoms with Crippen LogP contribution in [0.5, 0.6) is 5.75 Å². The van der Waals surface area contributed by atoms with E-state index in [-0.39, 0.29) is 11.8 Å². The van der Waals surface area contributed by atoms with Crippen molar-refractivity contribution in [3.8, 4) is 5.75 Å². The summed E-state index contributed by atoms with van der Waals surface area (Å²) >= 11 is 12.1. The van der Waals surface area contributed by atoms with Crippen molar-refractivity contribution in [3.63, 3.8) is 0 Å². The smallest absolute Gasteiger partial charge is 0.214 e. The molecule has 0 spiro atoms. The van der Waals surface area contributed by atoms with Crippen LogP contribution in [-0.4, -0.2) is 45.7 Å². The van der Waals surface area contributed by atoms with Crippen LogP contribution < -0.4 is 10.1 Å². The fourth-order valence-electron chi connectivity index (χ4n) is 2.18. The third-order valence-corrected chi connectivity index (χ3v) is 5.70. The van der Waals surface area contributed by atoms with Crippen molar-refractivity contribution < 1.29 is 13.2 Å². The molecule has 1 aromatic carbocycles. The molecule has 1 heterocycles. The third-order valence-electron chi connectivity index (χ3n) is 3.37. The molecule has 1 aliphatic heterocycles. The first-order valence-corrected chi connectivity index (χ1v) is 8.93. The molecular weight excluding hydrogens is 335 g/mol. The molecule has 1 unspecified atom stereocenters. The summed E-state index contributed by atoms with van der Waals surface area (Å²) in [7, 11) is -0.152. The molecule has 0 saturated heterocycles. The molecule has 0 aromatic heterocycles. The molecule has 0 fully saturated rings. The number of nitrogens with one attached hydrogen (secondary N) is 1. The van der Waals surface area contributed by atoms with Gasteiger partial charge in [0.25, 0.3) is 0 Å². The number of benzene rings is 1. The maximum atomic E-state index is 11.7. The summed E-state index contributed by atoms with van der Waals surface area (Å²) in [5.74, 6) is 0.668. The maximum Gasteiger partial charge on any atom is 0.214 e. The number of hydrogen-bond acceptors (Lipinski definition) is 4. The van der Waals surface area contributed by atoms with Crippen molar-refractivity contribution in [2.45, 2.75) is 12.5 Å². The molecule has 1 aliphatic rings. The zero-order chi connectivity index (χ0) is 15.6. The average molecular weight is 353 g/mol. The molecule has 1 N–H and O–H groups in total. The third kappa shape index (κ3) is 4.02. The number of sulfonamides is 1. The lowest BCUT2D eigenvalue weighted by atomic mass is 10.0. The second-order valence-corrected chi connectivity index (χ2v) is 8.19. The van der Waals surface area contributed by atoms with Crippen LogP contribution in [0.3, 0.4) is 0 Å². The van der Waals surface area contributed by atoms with Crippen LogP contribution in [0, 0.1) is 0 Å². The minimum absolute atomic E-state index is 0.0117. The highest BCUT2D eigenvalue weighted by molar-refractivity contribution is 7.89. The summed E-state index contributed by atoms with van der Waals surface area (Å²) in [4.78, 5) is 0. The number of fused-ring (bicyclic) bond motifs is 1. The highest BCUT2D eigenvalue weighted by atomic mass is 35.5. The number of hydrogen-bond donors (Lipinski definition) is 1. The Morgan fingerprint density at radius 1 is 1.38 bits per heavy atom. The minimum atomic E-state index is -3.21. The van der Waals surface area contributed by atoms with Gasteiger partial charge >= 0.3 is 0 Å². The Kier molecular flexibility index (Phi) is 5.38. The lowest BCUT2D eigenvalue weighted by Crippen LogP contribution is -2.34. The van der Waals surface area contributed by atoms with E-state index in [9.17, 15) is 8.42 Å². The number of nitrogens with zero attached hydrogens (tertiary/aromatic N) is 1. The Morgan fingerprint density at radius 3 is 2.76 bits per heavy atom. The van der Waals surface area contributed by atoms with Crippen LogP contribution >= 0.6 is 23.2 Å². The highest BCUT2D eigenvalue weighted by Gasteiger charge is 2.24. The second-order valence-electron chi connectivity index (χ2n) is 5.05. The van der Waals surface area contributed by atoms with Crippen molar-refractivity contribution in [1.82, 2.24) is 9.62 Å². The highest BCUT2D eigenvalue weighted by Crippen LogP contribution is 2.39. The molecular formula is C13H18Cl2N2O3S. The Labute approximate surface area is 135 Å². The quantitative estimate of drug-likeness (QED) is 0.883. The summed E-state index contributed by atoms with van der Waals surface area (Å²) in [5, 5.41) is 4.26. The van der Waals surface area contributed by atoms with Gasteiger partial charge in [0.2, 0.25) is 10.0 Å². The average Bonchev–Trinajstić information content (AvgIpc) is 2.39. The van der Waals surface area contributed by atoms with Gasteiger partial charge in [0.05, 0.1) is 17.4 Å². The second kappa shape index (κ2) is 6.71. The molecule has 2 rings (SSSR count). The lowest BCUT2D eigenvalue weighted by Gasteiger charge is -2.28. The van der Waals surface area contributed by atoms with E-state index in [2.05, 4.69) is 5.32 Å². The summed E-state index contributed by atoms with van der Waals surface area (Å²) in [6, 6.07) is 3.43. The van der Waals surface area contributed by atoms with E-state index in [0.29, 0.717) is 28.9 Å². The fraction of sp³-hybridized carbons (Fsp3) is 0.538. The predicted molar refractivity (Wildman–Crippen MR) is 84.8 cm³/mol.